The van der Waals surface area contributed by atoms with Gasteiger partial charge >= 0.3 is 0 Å². The molecular weight excluding hydrogens is 194 g/mol. The van der Waals surface area contributed by atoms with Gasteiger partial charge in [0.1, 0.15) is 0 Å². The first-order chi connectivity index (χ1) is 7.36. The normalized spacial score (nSPS) is 27.9. The van der Waals surface area contributed by atoms with Gasteiger partial charge in [-0.15, -0.1) is 0 Å². The van der Waals surface area contributed by atoms with Crippen LogP contribution in [0.5, 0.6) is 0 Å². The number of carbonyl (C=O) groups is 1. The Labute approximate surface area is 90.3 Å². The molecule has 0 aromatic heterocycles. The van der Waals surface area contributed by atoms with Gasteiger partial charge in [-0.25, -0.2) is 5.48 Å². The second kappa shape index (κ2) is 5.47. The Bertz CT molecular complexity index is 208. The number of hydroxylamine groups is 1. The first-order valence-electron chi connectivity index (χ1n) is 5.89. The molecule has 1 atom stereocenters. The summed E-state index contributed by atoms with van der Waals surface area (Å²) in [6.45, 7) is 1.33. The fraction of sp³-hybridized carbons (Fsp3) is 0.909. The van der Waals surface area contributed by atoms with E-state index >= 15 is 0 Å². The summed E-state index contributed by atoms with van der Waals surface area (Å²) in [6, 6.07) is 0. The summed E-state index contributed by atoms with van der Waals surface area (Å²) < 4.78 is 5.26. The minimum atomic E-state index is -0.0137. The summed E-state index contributed by atoms with van der Waals surface area (Å²) in [6.07, 6.45) is 6.70. The largest absolute Gasteiger partial charge is 0.381 e. The third-order valence-electron chi connectivity index (χ3n) is 3.16. The monoisotopic (exact) mass is 213 g/mol. The van der Waals surface area contributed by atoms with E-state index in [0.29, 0.717) is 6.61 Å². The first-order valence-corrected chi connectivity index (χ1v) is 5.89. The van der Waals surface area contributed by atoms with Crippen molar-refractivity contribution in [3.63, 3.8) is 0 Å². The van der Waals surface area contributed by atoms with Crippen LogP contribution < -0.4 is 5.48 Å². The SMILES string of the molecule is O=C(NOC1CCCC1)C1CCCOC1. The van der Waals surface area contributed by atoms with Gasteiger partial charge in [-0.05, 0) is 25.7 Å². The second-order valence-corrected chi connectivity index (χ2v) is 4.40. The summed E-state index contributed by atoms with van der Waals surface area (Å²) in [7, 11) is 0. The van der Waals surface area contributed by atoms with Crippen LogP contribution in [-0.4, -0.2) is 25.2 Å². The zero-order valence-electron chi connectivity index (χ0n) is 9.04. The van der Waals surface area contributed by atoms with E-state index in [1.165, 1.54) is 12.8 Å². The Morgan fingerprint density at radius 1 is 1.20 bits per heavy atom. The molecule has 1 aliphatic carbocycles. The van der Waals surface area contributed by atoms with Crippen LogP contribution in [0.2, 0.25) is 0 Å². The first kappa shape index (κ1) is 10.9. The molecule has 0 aromatic carbocycles. The van der Waals surface area contributed by atoms with Gasteiger partial charge in [0.05, 0.1) is 18.6 Å². The molecule has 0 aromatic rings. The number of hydrogen-bond donors (Lipinski definition) is 1. The van der Waals surface area contributed by atoms with Gasteiger partial charge in [0.25, 0.3) is 0 Å². The van der Waals surface area contributed by atoms with Crippen LogP contribution in [0.1, 0.15) is 38.5 Å². The molecule has 1 saturated heterocycles. The fourth-order valence-corrected chi connectivity index (χ4v) is 2.18. The highest BCUT2D eigenvalue weighted by atomic mass is 16.7. The van der Waals surface area contributed by atoms with E-state index in [2.05, 4.69) is 5.48 Å². The standard InChI is InChI=1S/C11H19NO3/c13-11(9-4-3-7-14-8-9)12-15-10-5-1-2-6-10/h9-10H,1-8H2,(H,12,13). The molecular formula is C11H19NO3. The molecule has 1 aliphatic heterocycles. The lowest BCUT2D eigenvalue weighted by Crippen LogP contribution is -2.37. The molecule has 1 heterocycles. The van der Waals surface area contributed by atoms with E-state index in [1.807, 2.05) is 0 Å². The lowest BCUT2D eigenvalue weighted by atomic mass is 10.0. The van der Waals surface area contributed by atoms with Gasteiger partial charge in [-0.2, -0.15) is 0 Å². The minimum absolute atomic E-state index is 0.0124. The van der Waals surface area contributed by atoms with Gasteiger partial charge in [0.2, 0.25) is 5.91 Å². The number of amides is 1. The van der Waals surface area contributed by atoms with Crippen LogP contribution in [-0.2, 0) is 14.4 Å². The maximum absolute atomic E-state index is 11.6. The molecule has 0 radical (unpaired) electrons. The van der Waals surface area contributed by atoms with Gasteiger partial charge in [0.15, 0.2) is 0 Å². The van der Waals surface area contributed by atoms with Crippen molar-refractivity contribution in [2.75, 3.05) is 13.2 Å². The predicted molar refractivity (Wildman–Crippen MR) is 55.0 cm³/mol. The third kappa shape index (κ3) is 3.18. The number of nitrogens with one attached hydrogen (secondary N) is 1. The molecule has 1 amide bonds. The van der Waals surface area contributed by atoms with Crippen LogP contribution in [0.3, 0.4) is 0 Å². The Kier molecular flexibility index (Phi) is 3.97. The zero-order valence-corrected chi connectivity index (χ0v) is 9.04. The van der Waals surface area contributed by atoms with Crippen molar-refractivity contribution in [1.29, 1.82) is 0 Å². The molecule has 1 unspecified atom stereocenters. The van der Waals surface area contributed by atoms with Crippen molar-refractivity contribution in [3.8, 4) is 0 Å². The highest BCUT2D eigenvalue weighted by Crippen LogP contribution is 2.20. The van der Waals surface area contributed by atoms with Crippen molar-refractivity contribution in [3.05, 3.63) is 0 Å². The van der Waals surface area contributed by atoms with E-state index in [0.717, 1.165) is 32.3 Å². The highest BCUT2D eigenvalue weighted by molar-refractivity contribution is 5.77. The van der Waals surface area contributed by atoms with Crippen molar-refractivity contribution in [2.45, 2.75) is 44.6 Å². The van der Waals surface area contributed by atoms with E-state index in [1.54, 1.807) is 0 Å². The molecule has 2 fully saturated rings. The molecule has 2 rings (SSSR count). The molecule has 0 spiro atoms. The maximum Gasteiger partial charge on any atom is 0.248 e. The lowest BCUT2D eigenvalue weighted by Gasteiger charge is -2.21. The van der Waals surface area contributed by atoms with Crippen LogP contribution in [0.4, 0.5) is 0 Å². The summed E-state index contributed by atoms with van der Waals surface area (Å²) in [4.78, 5) is 17.0. The summed E-state index contributed by atoms with van der Waals surface area (Å²) in [5.41, 5.74) is 2.58. The van der Waals surface area contributed by atoms with Gasteiger partial charge in [0, 0.05) is 6.61 Å². The van der Waals surface area contributed by atoms with Crippen LogP contribution in [0.25, 0.3) is 0 Å². The summed E-state index contributed by atoms with van der Waals surface area (Å²) >= 11 is 0. The predicted octanol–water partition coefficient (Wildman–Crippen LogP) is 1.40. The van der Waals surface area contributed by atoms with E-state index in [9.17, 15) is 4.79 Å². The van der Waals surface area contributed by atoms with Gasteiger partial charge in [-0.3, -0.25) is 9.63 Å². The smallest absolute Gasteiger partial charge is 0.248 e. The molecule has 1 N–H and O–H groups in total. The van der Waals surface area contributed by atoms with Crippen LogP contribution >= 0.6 is 0 Å². The lowest BCUT2D eigenvalue weighted by molar-refractivity contribution is -0.146. The Hall–Kier alpha value is -0.610. The van der Waals surface area contributed by atoms with Crippen molar-refractivity contribution in [1.82, 2.24) is 5.48 Å². The number of hydrogen-bond acceptors (Lipinski definition) is 3. The molecule has 15 heavy (non-hydrogen) atoms. The summed E-state index contributed by atoms with van der Waals surface area (Å²) in [5.74, 6) is -0.0262. The average molecular weight is 213 g/mol. The van der Waals surface area contributed by atoms with E-state index in [4.69, 9.17) is 9.57 Å². The van der Waals surface area contributed by atoms with Crippen LogP contribution in [0.15, 0.2) is 0 Å². The quantitative estimate of drug-likeness (QED) is 0.721. The fourth-order valence-electron chi connectivity index (χ4n) is 2.18. The van der Waals surface area contributed by atoms with Crippen molar-refractivity contribution >= 4 is 5.91 Å². The van der Waals surface area contributed by atoms with E-state index < -0.39 is 0 Å². The Morgan fingerprint density at radius 3 is 2.67 bits per heavy atom. The topological polar surface area (TPSA) is 47.6 Å². The van der Waals surface area contributed by atoms with Crippen molar-refractivity contribution in [2.24, 2.45) is 5.92 Å². The molecule has 1 saturated carbocycles. The molecule has 86 valence electrons. The molecule has 4 nitrogen and oxygen atoms in total. The molecule has 4 heteroatoms. The Morgan fingerprint density at radius 2 is 2.00 bits per heavy atom. The van der Waals surface area contributed by atoms with Crippen LogP contribution in [0, 0.1) is 5.92 Å². The zero-order chi connectivity index (χ0) is 10.5. The molecule has 0 bridgehead atoms. The minimum Gasteiger partial charge on any atom is -0.381 e. The van der Waals surface area contributed by atoms with Gasteiger partial charge < -0.3 is 4.74 Å². The average Bonchev–Trinajstić information content (AvgIpc) is 2.80. The molecule has 2 aliphatic rings. The Balaban J connectivity index is 1.66. The second-order valence-electron chi connectivity index (χ2n) is 4.40. The van der Waals surface area contributed by atoms with E-state index in [-0.39, 0.29) is 17.9 Å². The number of rotatable bonds is 3. The summed E-state index contributed by atoms with van der Waals surface area (Å²) in [5, 5.41) is 0. The maximum atomic E-state index is 11.6. The number of carbonyl (C=O) groups excluding carboxylic acids is 1. The van der Waals surface area contributed by atoms with Gasteiger partial charge in [-0.1, -0.05) is 12.8 Å². The highest BCUT2D eigenvalue weighted by Gasteiger charge is 2.23. The third-order valence-corrected chi connectivity index (χ3v) is 3.16. The number of ether oxygens (including phenoxy) is 1. The van der Waals surface area contributed by atoms with Crippen molar-refractivity contribution < 1.29 is 14.4 Å².